The van der Waals surface area contributed by atoms with Crippen LogP contribution in [0.4, 0.5) is 20.6 Å². The molecule has 2 aliphatic heterocycles. The van der Waals surface area contributed by atoms with E-state index in [0.29, 0.717) is 34.2 Å². The molecule has 0 radical (unpaired) electrons. The zero-order valence-corrected chi connectivity index (χ0v) is 18.4. The van der Waals surface area contributed by atoms with Crippen molar-refractivity contribution in [2.75, 3.05) is 42.6 Å². The maximum absolute atomic E-state index is 14.7. The lowest BCUT2D eigenvalue weighted by atomic mass is 10.0. The van der Waals surface area contributed by atoms with E-state index in [1.807, 2.05) is 0 Å². The lowest BCUT2D eigenvalue weighted by Gasteiger charge is -2.27. The van der Waals surface area contributed by atoms with E-state index < -0.39 is 23.9 Å². The SMILES string of the molecule is O=C(NCC1CN(c2ccc(N3CCOCC3=O)c(F)c2)C(=O)O1)C1=CC(Cl)=CCC1=S. The monoisotopic (exact) mass is 479 g/mol. The highest BCUT2D eigenvalue weighted by molar-refractivity contribution is 7.81. The first-order valence-electron chi connectivity index (χ1n) is 9.88. The molecule has 0 aromatic heterocycles. The standard InChI is InChI=1S/C21H19ClFN3O5S/c22-12-1-4-18(32)15(7-12)20(28)24-9-14-10-26(21(29)31-14)13-2-3-17(16(23)8-13)25-5-6-30-11-19(25)27/h1-3,7-8,14H,4-6,9-11H2,(H,24,28). The molecule has 0 saturated carbocycles. The number of ether oxygens (including phenoxy) is 2. The molecule has 1 atom stereocenters. The molecule has 2 saturated heterocycles. The van der Waals surface area contributed by atoms with E-state index in [0.717, 1.165) is 0 Å². The molecule has 32 heavy (non-hydrogen) atoms. The van der Waals surface area contributed by atoms with Crippen LogP contribution in [0.1, 0.15) is 6.42 Å². The van der Waals surface area contributed by atoms with Gasteiger partial charge in [0.25, 0.3) is 11.8 Å². The molecule has 1 N–H and O–H groups in total. The van der Waals surface area contributed by atoms with E-state index in [1.54, 1.807) is 12.1 Å². The normalized spacial score (nSPS) is 21.3. The Morgan fingerprint density at radius 2 is 2.12 bits per heavy atom. The van der Waals surface area contributed by atoms with Gasteiger partial charge in [0, 0.05) is 22.9 Å². The molecule has 8 nitrogen and oxygen atoms in total. The minimum atomic E-state index is -0.655. The second kappa shape index (κ2) is 9.35. The Bertz CT molecular complexity index is 1060. The Morgan fingerprint density at radius 3 is 2.88 bits per heavy atom. The lowest BCUT2D eigenvalue weighted by molar-refractivity contribution is -0.125. The fourth-order valence-electron chi connectivity index (χ4n) is 3.57. The molecule has 0 bridgehead atoms. The fraction of sp³-hybridized carbons (Fsp3) is 0.333. The van der Waals surface area contributed by atoms with Crippen LogP contribution in [0, 0.1) is 5.82 Å². The summed E-state index contributed by atoms with van der Waals surface area (Å²) in [6.07, 6.45) is 2.35. The fourth-order valence-corrected chi connectivity index (χ4v) is 3.99. The Hall–Kier alpha value is -2.82. The quantitative estimate of drug-likeness (QED) is 0.653. The van der Waals surface area contributed by atoms with Crippen LogP contribution < -0.4 is 15.1 Å². The molecule has 4 rings (SSSR count). The molecule has 1 aliphatic carbocycles. The molecule has 1 aromatic carbocycles. The Labute approximate surface area is 193 Å². The van der Waals surface area contributed by atoms with Crippen molar-refractivity contribution < 1.29 is 28.2 Å². The third-order valence-electron chi connectivity index (χ3n) is 5.19. The zero-order chi connectivity index (χ0) is 22.8. The summed E-state index contributed by atoms with van der Waals surface area (Å²) < 4.78 is 25.1. The largest absolute Gasteiger partial charge is 0.442 e. The van der Waals surface area contributed by atoms with Crippen molar-refractivity contribution in [2.24, 2.45) is 0 Å². The summed E-state index contributed by atoms with van der Waals surface area (Å²) >= 11 is 11.1. The van der Waals surface area contributed by atoms with Gasteiger partial charge in [-0.15, -0.1) is 0 Å². The number of morpholine rings is 1. The number of cyclic esters (lactones) is 1. The van der Waals surface area contributed by atoms with Gasteiger partial charge in [0.2, 0.25) is 0 Å². The summed E-state index contributed by atoms with van der Waals surface area (Å²) in [6, 6.07) is 4.17. The van der Waals surface area contributed by atoms with Crippen LogP contribution in [-0.2, 0) is 19.1 Å². The maximum atomic E-state index is 14.7. The summed E-state index contributed by atoms with van der Waals surface area (Å²) in [5.74, 6) is -1.37. The van der Waals surface area contributed by atoms with Crippen molar-refractivity contribution in [3.63, 3.8) is 0 Å². The number of benzene rings is 1. The molecule has 11 heteroatoms. The van der Waals surface area contributed by atoms with Crippen LogP contribution in [0.25, 0.3) is 0 Å². The summed E-state index contributed by atoms with van der Waals surface area (Å²) in [6.45, 7) is 0.660. The number of nitrogens with zero attached hydrogens (tertiary/aromatic N) is 2. The molecule has 1 aromatic rings. The number of allylic oxidation sites excluding steroid dienone is 3. The number of hydrogen-bond donors (Lipinski definition) is 1. The average molecular weight is 480 g/mol. The topological polar surface area (TPSA) is 88.2 Å². The smallest absolute Gasteiger partial charge is 0.414 e. The molecular formula is C21H19ClFN3O5S. The van der Waals surface area contributed by atoms with E-state index in [-0.39, 0.29) is 37.8 Å². The number of amides is 3. The van der Waals surface area contributed by atoms with Crippen molar-refractivity contribution in [3.05, 3.63) is 46.8 Å². The summed E-state index contributed by atoms with van der Waals surface area (Å²) in [7, 11) is 0. The number of thiocarbonyl (C=S) groups is 1. The predicted molar refractivity (Wildman–Crippen MR) is 119 cm³/mol. The van der Waals surface area contributed by atoms with Gasteiger partial charge in [0.05, 0.1) is 36.6 Å². The Kier molecular flexibility index (Phi) is 6.54. The van der Waals surface area contributed by atoms with Gasteiger partial charge >= 0.3 is 6.09 Å². The van der Waals surface area contributed by atoms with Gasteiger partial charge in [-0.2, -0.15) is 0 Å². The van der Waals surface area contributed by atoms with E-state index in [9.17, 15) is 18.8 Å². The summed E-state index contributed by atoms with van der Waals surface area (Å²) in [5, 5.41) is 3.13. The van der Waals surface area contributed by atoms with Gasteiger partial charge in [-0.25, -0.2) is 9.18 Å². The number of carbonyl (C=O) groups is 3. The minimum Gasteiger partial charge on any atom is -0.442 e. The predicted octanol–water partition coefficient (Wildman–Crippen LogP) is 2.45. The number of halogens is 2. The molecule has 168 valence electrons. The van der Waals surface area contributed by atoms with Gasteiger partial charge in [-0.1, -0.05) is 29.9 Å². The summed E-state index contributed by atoms with van der Waals surface area (Å²) in [4.78, 5) is 39.7. The highest BCUT2D eigenvalue weighted by Crippen LogP contribution is 2.28. The van der Waals surface area contributed by atoms with Gasteiger partial charge in [-0.3, -0.25) is 14.5 Å². The van der Waals surface area contributed by atoms with Crippen LogP contribution in [-0.4, -0.2) is 61.7 Å². The molecule has 2 heterocycles. The van der Waals surface area contributed by atoms with Gasteiger partial charge in [-0.05, 0) is 24.3 Å². The van der Waals surface area contributed by atoms with Crippen LogP contribution in [0.5, 0.6) is 0 Å². The number of anilines is 2. The van der Waals surface area contributed by atoms with Crippen LogP contribution >= 0.6 is 23.8 Å². The van der Waals surface area contributed by atoms with Gasteiger partial charge in [0.1, 0.15) is 18.5 Å². The Balaban J connectivity index is 1.39. The third kappa shape index (κ3) is 4.67. The maximum Gasteiger partial charge on any atom is 0.414 e. The van der Waals surface area contributed by atoms with Crippen molar-refractivity contribution in [1.82, 2.24) is 5.32 Å². The number of carbonyl (C=O) groups excluding carboxylic acids is 3. The Morgan fingerprint density at radius 1 is 1.31 bits per heavy atom. The highest BCUT2D eigenvalue weighted by Gasteiger charge is 2.34. The lowest BCUT2D eigenvalue weighted by Crippen LogP contribution is -2.42. The molecule has 3 amide bonds. The van der Waals surface area contributed by atoms with Crippen LogP contribution in [0.2, 0.25) is 0 Å². The van der Waals surface area contributed by atoms with Crippen molar-refractivity contribution in [3.8, 4) is 0 Å². The first-order valence-corrected chi connectivity index (χ1v) is 10.7. The first-order chi connectivity index (χ1) is 15.3. The first kappa shape index (κ1) is 22.4. The third-order valence-corrected chi connectivity index (χ3v) is 5.84. The number of hydrogen-bond acceptors (Lipinski definition) is 6. The van der Waals surface area contributed by atoms with Crippen LogP contribution in [0.15, 0.2) is 41.0 Å². The zero-order valence-electron chi connectivity index (χ0n) is 16.8. The second-order valence-electron chi connectivity index (χ2n) is 7.33. The molecule has 3 aliphatic rings. The highest BCUT2D eigenvalue weighted by atomic mass is 35.5. The van der Waals surface area contributed by atoms with E-state index in [1.165, 1.54) is 28.0 Å². The van der Waals surface area contributed by atoms with Crippen molar-refractivity contribution in [2.45, 2.75) is 12.5 Å². The van der Waals surface area contributed by atoms with Gasteiger partial charge < -0.3 is 19.7 Å². The average Bonchev–Trinajstić information content (AvgIpc) is 3.15. The van der Waals surface area contributed by atoms with Crippen LogP contribution in [0.3, 0.4) is 0 Å². The molecular weight excluding hydrogens is 461 g/mol. The van der Waals surface area contributed by atoms with E-state index >= 15 is 0 Å². The number of rotatable bonds is 5. The van der Waals surface area contributed by atoms with Crippen molar-refractivity contribution in [1.29, 1.82) is 0 Å². The van der Waals surface area contributed by atoms with Gasteiger partial charge in [0.15, 0.2) is 0 Å². The number of nitrogens with one attached hydrogen (secondary N) is 1. The van der Waals surface area contributed by atoms with E-state index in [4.69, 9.17) is 33.3 Å². The molecule has 1 unspecified atom stereocenters. The van der Waals surface area contributed by atoms with Crippen molar-refractivity contribution >= 4 is 58.0 Å². The second-order valence-corrected chi connectivity index (χ2v) is 8.26. The van der Waals surface area contributed by atoms with E-state index in [2.05, 4.69) is 5.32 Å². The molecule has 2 fully saturated rings. The molecule has 0 spiro atoms. The summed E-state index contributed by atoms with van der Waals surface area (Å²) in [5.41, 5.74) is 0.728. The minimum absolute atomic E-state index is 0.0607.